The maximum absolute atomic E-state index is 14.4. The van der Waals surface area contributed by atoms with Gasteiger partial charge in [0.15, 0.2) is 0 Å². The van der Waals surface area contributed by atoms with Crippen LogP contribution in [0.2, 0.25) is 0 Å². The molecule has 2 fully saturated rings. The predicted molar refractivity (Wildman–Crippen MR) is 122 cm³/mol. The maximum Gasteiger partial charge on any atom is 0.225 e. The third-order valence-electron chi connectivity index (χ3n) is 6.86. The molecule has 0 spiro atoms. The Morgan fingerprint density at radius 1 is 1.12 bits per heavy atom. The number of aromatic nitrogens is 4. The Hall–Kier alpha value is -3.03. The van der Waals surface area contributed by atoms with Gasteiger partial charge >= 0.3 is 0 Å². The van der Waals surface area contributed by atoms with Crippen LogP contribution in [0.5, 0.6) is 5.75 Å². The van der Waals surface area contributed by atoms with Crippen molar-refractivity contribution in [1.29, 1.82) is 0 Å². The molecule has 7 nitrogen and oxygen atoms in total. The first kappa shape index (κ1) is 21.8. The molecule has 2 aliphatic rings. The van der Waals surface area contributed by atoms with Gasteiger partial charge in [0, 0.05) is 38.5 Å². The van der Waals surface area contributed by atoms with Crippen LogP contribution in [-0.2, 0) is 6.42 Å². The van der Waals surface area contributed by atoms with Crippen LogP contribution in [0.1, 0.15) is 48.6 Å². The number of aryl methyl sites for hydroxylation is 2. The van der Waals surface area contributed by atoms with E-state index in [0.29, 0.717) is 29.7 Å². The molecule has 3 aromatic rings. The van der Waals surface area contributed by atoms with Gasteiger partial charge in [-0.25, -0.2) is 14.4 Å². The Kier molecular flexibility index (Phi) is 6.24. The van der Waals surface area contributed by atoms with Gasteiger partial charge in [-0.3, -0.25) is 0 Å². The summed E-state index contributed by atoms with van der Waals surface area (Å²) in [6.07, 6.45) is 8.77. The monoisotopic (exact) mass is 451 g/mol. The summed E-state index contributed by atoms with van der Waals surface area (Å²) in [7, 11) is 0. The second kappa shape index (κ2) is 9.45. The number of benzene rings is 1. The fraction of sp³-hybridized carbons (Fsp3) is 0.520. The van der Waals surface area contributed by atoms with Crippen molar-refractivity contribution < 1.29 is 13.5 Å². The zero-order valence-corrected chi connectivity index (χ0v) is 19.2. The third-order valence-corrected chi connectivity index (χ3v) is 6.86. The zero-order valence-electron chi connectivity index (χ0n) is 19.2. The van der Waals surface area contributed by atoms with E-state index in [9.17, 15) is 4.39 Å². The molecular weight excluding hydrogens is 421 g/mol. The average molecular weight is 452 g/mol. The van der Waals surface area contributed by atoms with Gasteiger partial charge < -0.3 is 14.1 Å². The lowest BCUT2D eigenvalue weighted by molar-refractivity contribution is 0.283. The minimum atomic E-state index is -0.308. The van der Waals surface area contributed by atoms with Crippen molar-refractivity contribution in [2.75, 3.05) is 24.6 Å². The van der Waals surface area contributed by atoms with Crippen molar-refractivity contribution in [3.05, 3.63) is 59.3 Å². The zero-order chi connectivity index (χ0) is 22.8. The highest BCUT2D eigenvalue weighted by Crippen LogP contribution is 2.49. The molecule has 0 bridgehead atoms. The van der Waals surface area contributed by atoms with E-state index in [1.165, 1.54) is 25.3 Å². The van der Waals surface area contributed by atoms with Crippen molar-refractivity contribution >= 4 is 5.95 Å². The Bertz CT molecular complexity index is 1080. The van der Waals surface area contributed by atoms with Crippen LogP contribution < -0.4 is 9.64 Å². The molecule has 5 rings (SSSR count). The summed E-state index contributed by atoms with van der Waals surface area (Å²) in [5.41, 5.74) is 1.62. The first-order chi connectivity index (χ1) is 16.0. The normalized spacial score (nSPS) is 20.8. The minimum Gasteiger partial charge on any atom is -0.493 e. The first-order valence-corrected chi connectivity index (χ1v) is 11.8. The van der Waals surface area contributed by atoms with Crippen molar-refractivity contribution in [2.24, 2.45) is 17.8 Å². The lowest BCUT2D eigenvalue weighted by atomic mass is 9.90. The molecule has 3 heterocycles. The fourth-order valence-electron chi connectivity index (χ4n) is 4.92. The van der Waals surface area contributed by atoms with Crippen LogP contribution in [0.3, 0.4) is 0 Å². The van der Waals surface area contributed by atoms with E-state index in [1.807, 2.05) is 25.4 Å². The molecule has 2 aromatic heterocycles. The standard InChI is InChI=1S/C25H30FN5O2/c1-16-14-27-25(28-15-16)31-8-5-18(6-9-31)22-11-19(22)7-10-32-21-4-3-20(23(26)13-21)12-24-30-29-17(2)33-24/h3-4,13-15,18-19,22H,5-12H2,1-2H3/t19-,22-/m1/s1. The topological polar surface area (TPSA) is 77.2 Å². The van der Waals surface area contributed by atoms with Crippen LogP contribution in [0.4, 0.5) is 10.3 Å². The van der Waals surface area contributed by atoms with Crippen LogP contribution in [0.25, 0.3) is 0 Å². The summed E-state index contributed by atoms with van der Waals surface area (Å²) in [4.78, 5) is 11.2. The van der Waals surface area contributed by atoms with Gasteiger partial charge in [-0.1, -0.05) is 6.07 Å². The molecule has 1 saturated heterocycles. The molecule has 0 radical (unpaired) electrons. The van der Waals surface area contributed by atoms with E-state index in [-0.39, 0.29) is 12.2 Å². The van der Waals surface area contributed by atoms with E-state index in [0.717, 1.165) is 48.8 Å². The van der Waals surface area contributed by atoms with Crippen LogP contribution in [0.15, 0.2) is 35.0 Å². The van der Waals surface area contributed by atoms with Gasteiger partial charge in [0.25, 0.3) is 0 Å². The quantitative estimate of drug-likeness (QED) is 0.498. The number of rotatable bonds is 8. The largest absolute Gasteiger partial charge is 0.493 e. The summed E-state index contributed by atoms with van der Waals surface area (Å²) in [5, 5.41) is 7.71. The number of hydrogen-bond acceptors (Lipinski definition) is 7. The molecular formula is C25H30FN5O2. The van der Waals surface area contributed by atoms with Gasteiger partial charge in [-0.2, -0.15) is 0 Å². The highest BCUT2D eigenvalue weighted by atomic mass is 19.1. The number of piperidine rings is 1. The number of ether oxygens (including phenoxy) is 1. The molecule has 0 N–H and O–H groups in total. The van der Waals surface area contributed by atoms with Crippen LogP contribution >= 0.6 is 0 Å². The highest BCUT2D eigenvalue weighted by Gasteiger charge is 2.43. The summed E-state index contributed by atoms with van der Waals surface area (Å²) >= 11 is 0. The summed E-state index contributed by atoms with van der Waals surface area (Å²) < 4.78 is 25.6. The number of nitrogens with zero attached hydrogens (tertiary/aromatic N) is 5. The Labute approximate surface area is 193 Å². The Morgan fingerprint density at radius 3 is 2.61 bits per heavy atom. The molecule has 0 amide bonds. The number of halogens is 1. The van der Waals surface area contributed by atoms with E-state index in [1.54, 1.807) is 13.0 Å². The second-order valence-corrected chi connectivity index (χ2v) is 9.33. The van der Waals surface area contributed by atoms with Gasteiger partial charge in [-0.15, -0.1) is 10.2 Å². The second-order valence-electron chi connectivity index (χ2n) is 9.33. The third kappa shape index (κ3) is 5.31. The van der Waals surface area contributed by atoms with Gasteiger partial charge in [0.05, 0.1) is 13.0 Å². The molecule has 8 heteroatoms. The Balaban J connectivity index is 1.04. The molecule has 1 saturated carbocycles. The number of hydrogen-bond donors (Lipinski definition) is 0. The van der Waals surface area contributed by atoms with Crippen molar-refractivity contribution in [2.45, 2.75) is 46.0 Å². The maximum atomic E-state index is 14.4. The van der Waals surface area contributed by atoms with E-state index in [2.05, 4.69) is 25.1 Å². The fourth-order valence-corrected chi connectivity index (χ4v) is 4.92. The summed E-state index contributed by atoms with van der Waals surface area (Å²) in [5.74, 6) is 4.31. The molecule has 1 aromatic carbocycles. The molecule has 2 atom stereocenters. The predicted octanol–water partition coefficient (Wildman–Crippen LogP) is 4.53. The van der Waals surface area contributed by atoms with E-state index >= 15 is 0 Å². The highest BCUT2D eigenvalue weighted by molar-refractivity contribution is 5.31. The summed E-state index contributed by atoms with van der Waals surface area (Å²) in [6.45, 7) is 6.41. The Morgan fingerprint density at radius 2 is 1.91 bits per heavy atom. The molecule has 1 aliphatic carbocycles. The lowest BCUT2D eigenvalue weighted by Gasteiger charge is -2.32. The molecule has 0 unspecified atom stereocenters. The van der Waals surface area contributed by atoms with Crippen LogP contribution in [-0.4, -0.2) is 39.9 Å². The lowest BCUT2D eigenvalue weighted by Crippen LogP contribution is -2.35. The molecule has 1 aliphatic heterocycles. The smallest absolute Gasteiger partial charge is 0.225 e. The SMILES string of the molecule is Cc1cnc(N2CCC([C@H]3C[C@H]3CCOc3ccc(Cc4nnc(C)o4)c(F)c3)CC2)nc1. The van der Waals surface area contributed by atoms with Crippen molar-refractivity contribution in [3.8, 4) is 5.75 Å². The van der Waals surface area contributed by atoms with Gasteiger partial charge in [0.1, 0.15) is 11.6 Å². The van der Waals surface area contributed by atoms with Crippen molar-refractivity contribution in [3.63, 3.8) is 0 Å². The first-order valence-electron chi connectivity index (χ1n) is 11.8. The van der Waals surface area contributed by atoms with Crippen LogP contribution in [0, 0.1) is 37.4 Å². The van der Waals surface area contributed by atoms with Crippen molar-refractivity contribution in [1.82, 2.24) is 20.2 Å². The molecule has 174 valence electrons. The minimum absolute atomic E-state index is 0.283. The van der Waals surface area contributed by atoms with E-state index < -0.39 is 0 Å². The number of anilines is 1. The van der Waals surface area contributed by atoms with Gasteiger partial charge in [0.2, 0.25) is 17.7 Å². The van der Waals surface area contributed by atoms with E-state index in [4.69, 9.17) is 9.15 Å². The average Bonchev–Trinajstić information content (AvgIpc) is 3.48. The molecule has 33 heavy (non-hydrogen) atoms. The summed E-state index contributed by atoms with van der Waals surface area (Å²) in [6, 6.07) is 5.00. The van der Waals surface area contributed by atoms with Gasteiger partial charge in [-0.05, 0) is 67.6 Å².